The Balaban J connectivity index is 1.79. The van der Waals surface area contributed by atoms with Crippen molar-refractivity contribution in [3.8, 4) is 5.75 Å². The Bertz CT molecular complexity index is 444. The highest BCUT2D eigenvalue weighted by molar-refractivity contribution is 5.78. The van der Waals surface area contributed by atoms with E-state index in [1.54, 1.807) is 7.11 Å². The lowest BCUT2D eigenvalue weighted by atomic mass is 10.2. The lowest BCUT2D eigenvalue weighted by Gasteiger charge is -2.22. The zero-order chi connectivity index (χ0) is 14.4. The maximum atomic E-state index is 12.0. The van der Waals surface area contributed by atoms with Gasteiger partial charge in [0.2, 0.25) is 5.91 Å². The molecule has 5 nitrogen and oxygen atoms in total. The number of hydrogen-bond donors (Lipinski definition) is 2. The van der Waals surface area contributed by atoms with Crippen molar-refractivity contribution in [3.05, 3.63) is 29.8 Å². The van der Waals surface area contributed by atoms with E-state index in [9.17, 15) is 4.79 Å². The van der Waals surface area contributed by atoms with Crippen molar-refractivity contribution in [2.75, 3.05) is 33.8 Å². The lowest BCUT2D eigenvalue weighted by Crippen LogP contribution is -2.41. The predicted octanol–water partition coefficient (Wildman–Crippen LogP) is 0.605. The monoisotopic (exact) mass is 277 g/mol. The molecule has 0 radical (unpaired) electrons. The van der Waals surface area contributed by atoms with E-state index >= 15 is 0 Å². The molecule has 0 bridgehead atoms. The van der Waals surface area contributed by atoms with Crippen molar-refractivity contribution in [2.24, 2.45) is 0 Å². The molecule has 0 aliphatic carbocycles. The Morgan fingerprint density at radius 2 is 2.30 bits per heavy atom. The van der Waals surface area contributed by atoms with Crippen molar-refractivity contribution < 1.29 is 9.53 Å². The molecule has 2 rings (SSSR count). The number of carbonyl (C=O) groups excluding carboxylic acids is 1. The number of amides is 1. The highest BCUT2D eigenvalue weighted by Gasteiger charge is 2.20. The van der Waals surface area contributed by atoms with Crippen molar-refractivity contribution in [2.45, 2.75) is 19.0 Å². The average molecular weight is 277 g/mol. The van der Waals surface area contributed by atoms with E-state index in [4.69, 9.17) is 4.74 Å². The zero-order valence-corrected chi connectivity index (χ0v) is 12.2. The fraction of sp³-hybridized carbons (Fsp3) is 0.533. The van der Waals surface area contributed by atoms with Crippen molar-refractivity contribution >= 4 is 5.91 Å². The fourth-order valence-corrected chi connectivity index (χ4v) is 2.47. The van der Waals surface area contributed by atoms with E-state index in [2.05, 4.69) is 15.5 Å². The van der Waals surface area contributed by atoms with E-state index in [-0.39, 0.29) is 5.91 Å². The molecular formula is C15H23N3O2. The molecule has 1 heterocycles. The van der Waals surface area contributed by atoms with Gasteiger partial charge in [-0.3, -0.25) is 9.69 Å². The average Bonchev–Trinajstić information content (AvgIpc) is 2.99. The Morgan fingerprint density at radius 3 is 3.00 bits per heavy atom. The van der Waals surface area contributed by atoms with Gasteiger partial charge in [-0.05, 0) is 26.1 Å². The van der Waals surface area contributed by atoms with Gasteiger partial charge in [-0.1, -0.05) is 18.2 Å². The molecule has 1 fully saturated rings. The highest BCUT2D eigenvalue weighted by Crippen LogP contribution is 2.16. The van der Waals surface area contributed by atoms with Crippen LogP contribution in [0.25, 0.3) is 0 Å². The van der Waals surface area contributed by atoms with Gasteiger partial charge in [0.25, 0.3) is 0 Å². The molecule has 20 heavy (non-hydrogen) atoms. The summed E-state index contributed by atoms with van der Waals surface area (Å²) in [5, 5.41) is 6.26. The molecule has 1 aliphatic rings. The lowest BCUT2D eigenvalue weighted by molar-refractivity contribution is -0.122. The van der Waals surface area contributed by atoms with Gasteiger partial charge in [0.1, 0.15) is 5.75 Å². The number of para-hydroxylation sites is 1. The molecule has 1 atom stereocenters. The summed E-state index contributed by atoms with van der Waals surface area (Å²) >= 11 is 0. The molecule has 2 N–H and O–H groups in total. The second kappa shape index (κ2) is 7.26. The second-order valence-corrected chi connectivity index (χ2v) is 5.15. The summed E-state index contributed by atoms with van der Waals surface area (Å²) in [4.78, 5) is 14.1. The van der Waals surface area contributed by atoms with Crippen LogP contribution < -0.4 is 15.4 Å². The molecule has 1 saturated heterocycles. The third-order valence-electron chi connectivity index (χ3n) is 3.72. The maximum absolute atomic E-state index is 12.0. The van der Waals surface area contributed by atoms with Crippen molar-refractivity contribution in [1.82, 2.24) is 15.5 Å². The third-order valence-corrected chi connectivity index (χ3v) is 3.72. The quantitative estimate of drug-likeness (QED) is 0.800. The summed E-state index contributed by atoms with van der Waals surface area (Å²) in [6.07, 6.45) is 1.11. The minimum Gasteiger partial charge on any atom is -0.496 e. The Morgan fingerprint density at radius 1 is 1.50 bits per heavy atom. The number of rotatable bonds is 6. The zero-order valence-electron chi connectivity index (χ0n) is 12.2. The first kappa shape index (κ1) is 14.8. The van der Waals surface area contributed by atoms with E-state index in [1.165, 1.54) is 0 Å². The van der Waals surface area contributed by atoms with Gasteiger partial charge in [-0.2, -0.15) is 0 Å². The van der Waals surface area contributed by atoms with Gasteiger partial charge < -0.3 is 15.4 Å². The van der Waals surface area contributed by atoms with Crippen LogP contribution in [0.4, 0.5) is 0 Å². The number of ether oxygens (including phenoxy) is 1. The first-order valence-electron chi connectivity index (χ1n) is 7.00. The predicted molar refractivity (Wildman–Crippen MR) is 78.7 cm³/mol. The number of methoxy groups -OCH3 is 1. The molecule has 1 aromatic carbocycles. The van der Waals surface area contributed by atoms with Crippen LogP contribution in [0.15, 0.2) is 24.3 Å². The first-order valence-corrected chi connectivity index (χ1v) is 7.00. The Kier molecular flexibility index (Phi) is 5.38. The van der Waals surface area contributed by atoms with Crippen LogP contribution in [0.2, 0.25) is 0 Å². The molecule has 110 valence electrons. The van der Waals surface area contributed by atoms with Crippen LogP contribution in [-0.4, -0.2) is 50.6 Å². The van der Waals surface area contributed by atoms with Gasteiger partial charge in [-0.15, -0.1) is 0 Å². The van der Waals surface area contributed by atoms with Crippen LogP contribution in [0.3, 0.4) is 0 Å². The Hall–Kier alpha value is -1.59. The van der Waals surface area contributed by atoms with Gasteiger partial charge in [0.15, 0.2) is 0 Å². The topological polar surface area (TPSA) is 53.6 Å². The summed E-state index contributed by atoms with van der Waals surface area (Å²) in [5.41, 5.74) is 0.994. The summed E-state index contributed by atoms with van der Waals surface area (Å²) in [7, 11) is 3.64. The fourth-order valence-electron chi connectivity index (χ4n) is 2.47. The minimum absolute atomic E-state index is 0.0466. The normalized spacial score (nSPS) is 18.2. The minimum atomic E-state index is 0.0466. The summed E-state index contributed by atoms with van der Waals surface area (Å²) < 4.78 is 5.27. The molecule has 0 saturated carbocycles. The molecule has 1 aliphatic heterocycles. The molecular weight excluding hydrogens is 254 g/mol. The molecule has 0 aromatic heterocycles. The van der Waals surface area contributed by atoms with Gasteiger partial charge in [0, 0.05) is 24.7 Å². The van der Waals surface area contributed by atoms with E-state index in [0.29, 0.717) is 19.1 Å². The van der Waals surface area contributed by atoms with E-state index in [1.807, 2.05) is 31.3 Å². The molecule has 1 unspecified atom stereocenters. The van der Waals surface area contributed by atoms with Crippen LogP contribution in [0.1, 0.15) is 12.0 Å². The SMILES string of the molecule is COc1ccccc1CNC(=O)CN(C)C1CCNC1. The number of nitrogens with one attached hydrogen (secondary N) is 2. The number of hydrogen-bond acceptors (Lipinski definition) is 4. The standard InChI is InChI=1S/C15H23N3O2/c1-18(13-7-8-16-10-13)11-15(19)17-9-12-5-3-4-6-14(12)20-2/h3-6,13,16H,7-11H2,1-2H3,(H,17,19). The van der Waals surface area contributed by atoms with E-state index in [0.717, 1.165) is 30.8 Å². The number of nitrogens with zero attached hydrogens (tertiary/aromatic N) is 1. The van der Waals surface area contributed by atoms with Gasteiger partial charge >= 0.3 is 0 Å². The smallest absolute Gasteiger partial charge is 0.234 e. The van der Waals surface area contributed by atoms with Gasteiger partial charge in [0.05, 0.1) is 13.7 Å². The van der Waals surface area contributed by atoms with Crippen LogP contribution >= 0.6 is 0 Å². The first-order chi connectivity index (χ1) is 9.70. The third kappa shape index (κ3) is 3.95. The summed E-state index contributed by atoms with van der Waals surface area (Å²) in [5.74, 6) is 0.853. The van der Waals surface area contributed by atoms with Crippen LogP contribution in [0, 0.1) is 0 Å². The van der Waals surface area contributed by atoms with Crippen molar-refractivity contribution in [1.29, 1.82) is 0 Å². The van der Waals surface area contributed by atoms with Gasteiger partial charge in [-0.25, -0.2) is 0 Å². The molecule has 1 amide bonds. The maximum Gasteiger partial charge on any atom is 0.234 e. The van der Waals surface area contributed by atoms with Crippen LogP contribution in [0.5, 0.6) is 5.75 Å². The number of carbonyl (C=O) groups is 1. The molecule has 1 aromatic rings. The number of likely N-dealkylation sites (N-methyl/N-ethyl adjacent to an activating group) is 1. The van der Waals surface area contributed by atoms with Crippen molar-refractivity contribution in [3.63, 3.8) is 0 Å². The number of benzene rings is 1. The largest absolute Gasteiger partial charge is 0.496 e. The molecule has 0 spiro atoms. The summed E-state index contributed by atoms with van der Waals surface area (Å²) in [6, 6.07) is 8.19. The Labute approximate surface area is 120 Å². The highest BCUT2D eigenvalue weighted by atomic mass is 16.5. The van der Waals surface area contributed by atoms with Crippen LogP contribution in [-0.2, 0) is 11.3 Å². The summed E-state index contributed by atoms with van der Waals surface area (Å²) in [6.45, 7) is 2.94. The second-order valence-electron chi connectivity index (χ2n) is 5.15. The molecule has 5 heteroatoms. The van der Waals surface area contributed by atoms with E-state index < -0.39 is 0 Å².